The maximum atomic E-state index is 13.0. The van der Waals surface area contributed by atoms with Gasteiger partial charge in [0.2, 0.25) is 10.0 Å². The number of aromatic nitrogens is 2. The van der Waals surface area contributed by atoms with Crippen LogP contribution in [0.15, 0.2) is 11.1 Å². The zero-order chi connectivity index (χ0) is 18.1. The van der Waals surface area contributed by atoms with Gasteiger partial charge in [0, 0.05) is 45.0 Å². The van der Waals surface area contributed by atoms with E-state index in [-0.39, 0.29) is 0 Å². The first-order chi connectivity index (χ1) is 12.4. The van der Waals surface area contributed by atoms with Crippen molar-refractivity contribution in [1.82, 2.24) is 19.0 Å². The molecule has 0 aromatic carbocycles. The minimum absolute atomic E-state index is 0.364. The van der Waals surface area contributed by atoms with Crippen molar-refractivity contribution in [3.63, 3.8) is 0 Å². The molecule has 144 valence electrons. The first-order valence-electron chi connectivity index (χ1n) is 10.1. The molecular weight excluding hydrogens is 348 g/mol. The third kappa shape index (κ3) is 2.58. The molecule has 0 radical (unpaired) electrons. The van der Waals surface area contributed by atoms with Crippen LogP contribution in [0.1, 0.15) is 44.2 Å². The fourth-order valence-electron chi connectivity index (χ4n) is 6.83. The van der Waals surface area contributed by atoms with Crippen LogP contribution in [-0.4, -0.2) is 59.1 Å². The zero-order valence-corrected chi connectivity index (χ0v) is 16.7. The van der Waals surface area contributed by atoms with Crippen molar-refractivity contribution in [2.24, 2.45) is 24.8 Å². The Morgan fingerprint density at radius 2 is 1.54 bits per heavy atom. The second kappa shape index (κ2) is 5.79. The molecule has 0 amide bonds. The monoisotopic (exact) mass is 378 g/mol. The summed E-state index contributed by atoms with van der Waals surface area (Å²) in [7, 11) is -1.65. The van der Waals surface area contributed by atoms with E-state index in [1.54, 1.807) is 29.2 Å². The highest BCUT2D eigenvalue weighted by molar-refractivity contribution is 7.89. The lowest BCUT2D eigenvalue weighted by Crippen LogP contribution is -2.64. The number of aryl methyl sites for hydroxylation is 2. The highest BCUT2D eigenvalue weighted by Gasteiger charge is 2.54. The van der Waals surface area contributed by atoms with E-state index in [1.165, 1.54) is 38.5 Å². The number of hydrogen-bond acceptors (Lipinski definition) is 4. The summed E-state index contributed by atoms with van der Waals surface area (Å²) in [6.45, 7) is 4.75. The standard InChI is InChI=1S/C19H30N4O2S/c1-14-18(13-21(2)20-14)26(24,25)23-5-3-22(4-6-23)19-10-15-7-16(11-19)9-17(8-15)12-19/h13,15-17H,3-12H2,1-2H3. The third-order valence-electron chi connectivity index (χ3n) is 7.50. The minimum Gasteiger partial charge on any atom is -0.295 e. The Kier molecular flexibility index (Phi) is 3.83. The Bertz CT molecular complexity index is 772. The number of rotatable bonds is 3. The average Bonchev–Trinajstić information content (AvgIpc) is 2.93. The molecule has 1 saturated heterocycles. The molecule has 1 aromatic rings. The van der Waals surface area contributed by atoms with Gasteiger partial charge in [-0.05, 0) is 63.2 Å². The van der Waals surface area contributed by atoms with Crippen molar-refractivity contribution in [2.45, 2.75) is 55.9 Å². The Hall–Kier alpha value is -0.920. The van der Waals surface area contributed by atoms with Crippen LogP contribution >= 0.6 is 0 Å². The van der Waals surface area contributed by atoms with Crippen LogP contribution < -0.4 is 0 Å². The lowest BCUT2D eigenvalue weighted by molar-refractivity contribution is -0.0964. The largest absolute Gasteiger partial charge is 0.295 e. The summed E-state index contributed by atoms with van der Waals surface area (Å²) in [5, 5.41) is 4.21. The van der Waals surface area contributed by atoms with Gasteiger partial charge in [-0.25, -0.2) is 8.42 Å². The number of hydrogen-bond donors (Lipinski definition) is 0. The molecular formula is C19H30N4O2S. The van der Waals surface area contributed by atoms with Gasteiger partial charge in [-0.15, -0.1) is 0 Å². The second-order valence-corrected chi connectivity index (χ2v) is 11.2. The topological polar surface area (TPSA) is 58.4 Å². The van der Waals surface area contributed by atoms with Gasteiger partial charge in [-0.2, -0.15) is 9.40 Å². The summed E-state index contributed by atoms with van der Waals surface area (Å²) in [6, 6.07) is 0. The molecule has 7 heteroatoms. The molecule has 6 rings (SSSR count). The second-order valence-electron chi connectivity index (χ2n) is 9.29. The lowest BCUT2D eigenvalue weighted by Gasteiger charge is -2.61. The van der Waals surface area contributed by atoms with Gasteiger partial charge >= 0.3 is 0 Å². The SMILES string of the molecule is Cc1nn(C)cc1S(=O)(=O)N1CCN(C23CC4CC(CC(C4)C2)C3)CC1. The summed E-state index contributed by atoms with van der Waals surface area (Å²) in [4.78, 5) is 3.03. The van der Waals surface area contributed by atoms with Gasteiger partial charge in [-0.1, -0.05) is 0 Å². The van der Waals surface area contributed by atoms with E-state index < -0.39 is 10.0 Å². The van der Waals surface area contributed by atoms with Gasteiger partial charge in [0.15, 0.2) is 0 Å². The fraction of sp³-hybridized carbons (Fsp3) is 0.842. The van der Waals surface area contributed by atoms with E-state index in [0.29, 0.717) is 29.2 Å². The first kappa shape index (κ1) is 17.2. The van der Waals surface area contributed by atoms with Gasteiger partial charge in [0.25, 0.3) is 0 Å². The van der Waals surface area contributed by atoms with Crippen LogP contribution in [0.4, 0.5) is 0 Å². The lowest BCUT2D eigenvalue weighted by atomic mass is 9.52. The highest BCUT2D eigenvalue weighted by atomic mass is 32.2. The molecule has 0 spiro atoms. The van der Waals surface area contributed by atoms with Gasteiger partial charge in [0.05, 0.1) is 5.69 Å². The molecule has 0 atom stereocenters. The Labute approximate surface area is 156 Å². The molecule has 1 aromatic heterocycles. The zero-order valence-electron chi connectivity index (χ0n) is 15.9. The van der Waals surface area contributed by atoms with Crippen LogP contribution in [0.3, 0.4) is 0 Å². The molecule has 4 saturated carbocycles. The maximum absolute atomic E-state index is 13.0. The summed E-state index contributed by atoms with van der Waals surface area (Å²) in [5.41, 5.74) is 0.977. The molecule has 5 fully saturated rings. The van der Waals surface area contributed by atoms with Crippen molar-refractivity contribution >= 4 is 10.0 Å². The van der Waals surface area contributed by atoms with Crippen molar-refractivity contribution in [2.75, 3.05) is 26.2 Å². The predicted octanol–water partition coefficient (Wildman–Crippen LogP) is 2.00. The summed E-state index contributed by atoms with van der Waals surface area (Å²) in [6.07, 6.45) is 10.1. The van der Waals surface area contributed by atoms with Crippen LogP contribution in [0.25, 0.3) is 0 Å². The Morgan fingerprint density at radius 1 is 1.00 bits per heavy atom. The normalized spacial score (nSPS) is 38.2. The van der Waals surface area contributed by atoms with Crippen molar-refractivity contribution in [3.8, 4) is 0 Å². The molecule has 4 aliphatic carbocycles. The molecule has 4 bridgehead atoms. The molecule has 6 nitrogen and oxygen atoms in total. The van der Waals surface area contributed by atoms with Crippen molar-refractivity contribution < 1.29 is 8.42 Å². The smallest absolute Gasteiger partial charge is 0.246 e. The van der Waals surface area contributed by atoms with Crippen LogP contribution in [0, 0.1) is 24.7 Å². The van der Waals surface area contributed by atoms with E-state index in [1.807, 2.05) is 0 Å². The van der Waals surface area contributed by atoms with Crippen molar-refractivity contribution in [3.05, 3.63) is 11.9 Å². The van der Waals surface area contributed by atoms with E-state index in [4.69, 9.17) is 0 Å². The van der Waals surface area contributed by atoms with Crippen LogP contribution in [-0.2, 0) is 17.1 Å². The molecule has 0 unspecified atom stereocenters. The van der Waals surface area contributed by atoms with Gasteiger partial charge in [0.1, 0.15) is 4.90 Å². The average molecular weight is 379 g/mol. The molecule has 26 heavy (non-hydrogen) atoms. The Balaban J connectivity index is 1.32. The quantitative estimate of drug-likeness (QED) is 0.807. The van der Waals surface area contributed by atoms with E-state index >= 15 is 0 Å². The molecule has 0 N–H and O–H groups in total. The van der Waals surface area contributed by atoms with E-state index in [2.05, 4.69) is 10.00 Å². The first-order valence-corrected chi connectivity index (χ1v) is 11.6. The van der Waals surface area contributed by atoms with Crippen LogP contribution in [0.2, 0.25) is 0 Å². The summed E-state index contributed by atoms with van der Waals surface area (Å²) in [5.74, 6) is 2.79. The molecule has 1 aliphatic heterocycles. The number of nitrogens with zero attached hydrogens (tertiary/aromatic N) is 4. The number of sulfonamides is 1. The minimum atomic E-state index is -3.43. The van der Waals surface area contributed by atoms with E-state index in [9.17, 15) is 8.42 Å². The van der Waals surface area contributed by atoms with Crippen molar-refractivity contribution in [1.29, 1.82) is 0 Å². The van der Waals surface area contributed by atoms with Crippen LogP contribution in [0.5, 0.6) is 0 Å². The number of piperazine rings is 1. The predicted molar refractivity (Wildman–Crippen MR) is 99.2 cm³/mol. The Morgan fingerprint density at radius 3 is 2.00 bits per heavy atom. The summed E-state index contributed by atoms with van der Waals surface area (Å²) < 4.78 is 29.3. The maximum Gasteiger partial charge on any atom is 0.246 e. The third-order valence-corrected chi connectivity index (χ3v) is 9.50. The van der Waals surface area contributed by atoms with Gasteiger partial charge < -0.3 is 0 Å². The van der Waals surface area contributed by atoms with Gasteiger partial charge in [-0.3, -0.25) is 9.58 Å². The molecule has 2 heterocycles. The summed E-state index contributed by atoms with van der Waals surface area (Å²) >= 11 is 0. The highest BCUT2D eigenvalue weighted by Crippen LogP contribution is 2.57. The van der Waals surface area contributed by atoms with E-state index in [0.717, 1.165) is 30.8 Å². The fourth-order valence-corrected chi connectivity index (χ4v) is 8.45. The molecule has 5 aliphatic rings.